The van der Waals surface area contributed by atoms with Crippen LogP contribution in [0.15, 0.2) is 0 Å². The van der Waals surface area contributed by atoms with Gasteiger partial charge in [-0.3, -0.25) is 4.79 Å². The maximum atomic E-state index is 11.9. The number of hydrogen-bond acceptors (Lipinski definition) is 3. The van der Waals surface area contributed by atoms with Gasteiger partial charge < -0.3 is 9.84 Å². The Bertz CT molecular complexity index is 217. The molecule has 0 amide bonds. The van der Waals surface area contributed by atoms with Gasteiger partial charge in [0.05, 0.1) is 18.6 Å². The second-order valence-electron chi connectivity index (χ2n) is 4.90. The molecule has 1 fully saturated rings. The molecule has 3 heteroatoms. The molecular weight excluding hydrogens is 192 g/mol. The first-order valence-electron chi connectivity index (χ1n) is 5.81. The number of aliphatic hydroxyl groups is 1. The first-order chi connectivity index (χ1) is 7.04. The summed E-state index contributed by atoms with van der Waals surface area (Å²) in [5.41, 5.74) is -0.638. The summed E-state index contributed by atoms with van der Waals surface area (Å²) in [4.78, 5) is 11.9. The van der Waals surface area contributed by atoms with E-state index in [4.69, 9.17) is 4.74 Å². The second kappa shape index (κ2) is 4.97. The number of carbonyl (C=O) groups is 1. The number of ether oxygens (including phenoxy) is 1. The van der Waals surface area contributed by atoms with E-state index in [1.807, 2.05) is 13.8 Å². The van der Waals surface area contributed by atoms with E-state index in [0.29, 0.717) is 0 Å². The third-order valence-corrected chi connectivity index (χ3v) is 3.54. The highest BCUT2D eigenvalue weighted by molar-refractivity contribution is 5.77. The van der Waals surface area contributed by atoms with Gasteiger partial charge in [0, 0.05) is 0 Å². The lowest BCUT2D eigenvalue weighted by Gasteiger charge is -2.40. The van der Waals surface area contributed by atoms with E-state index < -0.39 is 11.5 Å². The zero-order valence-corrected chi connectivity index (χ0v) is 9.95. The Morgan fingerprint density at radius 2 is 1.80 bits per heavy atom. The minimum absolute atomic E-state index is 0.0993. The summed E-state index contributed by atoms with van der Waals surface area (Å²) in [6.07, 6.45) is 4.13. The fourth-order valence-corrected chi connectivity index (χ4v) is 2.64. The van der Waals surface area contributed by atoms with Gasteiger partial charge in [0.25, 0.3) is 0 Å². The Hall–Kier alpha value is -0.570. The molecular formula is C12H22O3. The van der Waals surface area contributed by atoms with Crippen LogP contribution in [0, 0.1) is 11.3 Å². The molecule has 88 valence electrons. The fraction of sp³-hybridized carbons (Fsp3) is 0.917. The van der Waals surface area contributed by atoms with E-state index in [-0.39, 0.29) is 11.9 Å². The lowest BCUT2D eigenvalue weighted by Crippen LogP contribution is -2.47. The zero-order valence-electron chi connectivity index (χ0n) is 9.95. The highest BCUT2D eigenvalue weighted by atomic mass is 16.5. The van der Waals surface area contributed by atoms with Gasteiger partial charge in [0.15, 0.2) is 0 Å². The minimum Gasteiger partial charge on any atom is -0.469 e. The van der Waals surface area contributed by atoms with Crippen LogP contribution in [-0.4, -0.2) is 24.3 Å². The SMILES string of the molecule is COC(=O)C1(C(O)C(C)C)CCCCC1. The molecule has 1 N–H and O–H groups in total. The molecule has 0 aliphatic heterocycles. The summed E-state index contributed by atoms with van der Waals surface area (Å²) in [5.74, 6) is -0.134. The quantitative estimate of drug-likeness (QED) is 0.732. The molecule has 0 aromatic heterocycles. The van der Waals surface area contributed by atoms with Crippen LogP contribution in [0.4, 0.5) is 0 Å². The van der Waals surface area contributed by atoms with E-state index in [1.54, 1.807) is 0 Å². The maximum Gasteiger partial charge on any atom is 0.314 e. The van der Waals surface area contributed by atoms with Crippen molar-refractivity contribution in [1.29, 1.82) is 0 Å². The van der Waals surface area contributed by atoms with E-state index in [2.05, 4.69) is 0 Å². The zero-order chi connectivity index (χ0) is 11.5. The Kier molecular flexibility index (Phi) is 4.14. The van der Waals surface area contributed by atoms with Gasteiger partial charge in [-0.25, -0.2) is 0 Å². The van der Waals surface area contributed by atoms with Crippen molar-refractivity contribution in [2.45, 2.75) is 52.1 Å². The van der Waals surface area contributed by atoms with E-state index in [0.717, 1.165) is 32.1 Å². The highest BCUT2D eigenvalue weighted by Crippen LogP contribution is 2.42. The van der Waals surface area contributed by atoms with Gasteiger partial charge >= 0.3 is 5.97 Å². The summed E-state index contributed by atoms with van der Waals surface area (Å²) in [7, 11) is 1.41. The first kappa shape index (κ1) is 12.5. The van der Waals surface area contributed by atoms with Gasteiger partial charge in [-0.05, 0) is 18.8 Å². The predicted octanol–water partition coefficient (Wildman–Crippen LogP) is 2.13. The first-order valence-corrected chi connectivity index (χ1v) is 5.81. The van der Waals surface area contributed by atoms with Crippen LogP contribution in [0.2, 0.25) is 0 Å². The van der Waals surface area contributed by atoms with Crippen LogP contribution >= 0.6 is 0 Å². The van der Waals surface area contributed by atoms with Crippen molar-refractivity contribution in [2.75, 3.05) is 7.11 Å². The third kappa shape index (κ3) is 2.33. The van der Waals surface area contributed by atoms with Gasteiger partial charge in [-0.1, -0.05) is 33.1 Å². The molecule has 1 saturated carbocycles. The largest absolute Gasteiger partial charge is 0.469 e. The van der Waals surface area contributed by atoms with E-state index >= 15 is 0 Å². The predicted molar refractivity (Wildman–Crippen MR) is 58.4 cm³/mol. The van der Waals surface area contributed by atoms with E-state index in [1.165, 1.54) is 7.11 Å². The van der Waals surface area contributed by atoms with Crippen molar-refractivity contribution in [3.05, 3.63) is 0 Å². The lowest BCUT2D eigenvalue weighted by molar-refractivity contribution is -0.166. The summed E-state index contributed by atoms with van der Waals surface area (Å²) in [5, 5.41) is 10.2. The molecule has 0 heterocycles. The molecule has 1 unspecified atom stereocenters. The molecule has 0 saturated heterocycles. The fourth-order valence-electron chi connectivity index (χ4n) is 2.64. The summed E-state index contributed by atoms with van der Waals surface area (Å²) in [6.45, 7) is 3.90. The van der Waals surface area contributed by atoms with Crippen molar-refractivity contribution < 1.29 is 14.6 Å². The number of methoxy groups -OCH3 is 1. The molecule has 1 atom stereocenters. The molecule has 0 aromatic carbocycles. The number of aliphatic hydroxyl groups excluding tert-OH is 1. The van der Waals surface area contributed by atoms with Crippen LogP contribution in [-0.2, 0) is 9.53 Å². The average Bonchev–Trinajstić information content (AvgIpc) is 2.27. The van der Waals surface area contributed by atoms with Crippen LogP contribution in [0.3, 0.4) is 0 Å². The van der Waals surface area contributed by atoms with Crippen LogP contribution in [0.25, 0.3) is 0 Å². The smallest absolute Gasteiger partial charge is 0.314 e. The molecule has 1 rings (SSSR count). The van der Waals surface area contributed by atoms with Crippen molar-refractivity contribution in [3.63, 3.8) is 0 Å². The Morgan fingerprint density at radius 1 is 1.27 bits per heavy atom. The normalized spacial score (nSPS) is 22.5. The molecule has 0 radical (unpaired) electrons. The Morgan fingerprint density at radius 3 is 2.20 bits per heavy atom. The number of esters is 1. The molecule has 15 heavy (non-hydrogen) atoms. The Balaban J connectivity index is 2.89. The van der Waals surface area contributed by atoms with Crippen molar-refractivity contribution >= 4 is 5.97 Å². The number of rotatable bonds is 3. The van der Waals surface area contributed by atoms with Gasteiger partial charge in [0.1, 0.15) is 0 Å². The van der Waals surface area contributed by atoms with Gasteiger partial charge in [0.2, 0.25) is 0 Å². The number of carbonyl (C=O) groups excluding carboxylic acids is 1. The molecule has 3 nitrogen and oxygen atoms in total. The molecule has 0 aromatic rings. The van der Waals surface area contributed by atoms with Crippen molar-refractivity contribution in [1.82, 2.24) is 0 Å². The molecule has 0 spiro atoms. The monoisotopic (exact) mass is 214 g/mol. The van der Waals surface area contributed by atoms with Crippen LogP contribution < -0.4 is 0 Å². The van der Waals surface area contributed by atoms with Crippen LogP contribution in [0.5, 0.6) is 0 Å². The molecule has 1 aliphatic rings. The average molecular weight is 214 g/mol. The molecule has 1 aliphatic carbocycles. The van der Waals surface area contributed by atoms with Crippen molar-refractivity contribution in [2.24, 2.45) is 11.3 Å². The van der Waals surface area contributed by atoms with Gasteiger partial charge in [-0.15, -0.1) is 0 Å². The summed E-state index contributed by atoms with van der Waals surface area (Å²) < 4.78 is 4.87. The van der Waals surface area contributed by atoms with Crippen molar-refractivity contribution in [3.8, 4) is 0 Å². The van der Waals surface area contributed by atoms with E-state index in [9.17, 15) is 9.90 Å². The van der Waals surface area contributed by atoms with Crippen LogP contribution in [0.1, 0.15) is 46.0 Å². The second-order valence-corrected chi connectivity index (χ2v) is 4.90. The lowest BCUT2D eigenvalue weighted by atomic mass is 9.67. The number of hydrogen-bond donors (Lipinski definition) is 1. The molecule has 0 bridgehead atoms. The topological polar surface area (TPSA) is 46.5 Å². The maximum absolute atomic E-state index is 11.9. The highest BCUT2D eigenvalue weighted by Gasteiger charge is 2.47. The summed E-state index contributed by atoms with van der Waals surface area (Å²) in [6, 6.07) is 0. The minimum atomic E-state index is -0.638. The standard InChI is InChI=1S/C12H22O3/c1-9(2)10(13)12(11(14)15-3)7-5-4-6-8-12/h9-10,13H,4-8H2,1-3H3. The summed E-state index contributed by atoms with van der Waals surface area (Å²) >= 11 is 0. The van der Waals surface area contributed by atoms with Gasteiger partial charge in [-0.2, -0.15) is 0 Å². The Labute approximate surface area is 91.8 Å². The third-order valence-electron chi connectivity index (χ3n) is 3.54.